The van der Waals surface area contributed by atoms with Gasteiger partial charge in [-0.2, -0.15) is 5.10 Å². The summed E-state index contributed by atoms with van der Waals surface area (Å²) in [5.41, 5.74) is 5.64. The fraction of sp³-hybridized carbons (Fsp3) is 0.192. The fourth-order valence-corrected chi connectivity index (χ4v) is 4.07. The van der Waals surface area contributed by atoms with E-state index in [4.69, 9.17) is 4.98 Å². The van der Waals surface area contributed by atoms with E-state index in [1.54, 1.807) is 29.2 Å². The lowest BCUT2D eigenvalue weighted by Gasteiger charge is -2.14. The molecule has 0 bridgehead atoms. The van der Waals surface area contributed by atoms with E-state index in [2.05, 4.69) is 43.5 Å². The van der Waals surface area contributed by atoms with Crippen LogP contribution >= 0.6 is 0 Å². The lowest BCUT2D eigenvalue weighted by atomic mass is 10.1. The highest BCUT2D eigenvalue weighted by Gasteiger charge is 2.24. The van der Waals surface area contributed by atoms with Gasteiger partial charge in [0.15, 0.2) is 5.65 Å². The molecule has 0 radical (unpaired) electrons. The van der Waals surface area contributed by atoms with Crippen molar-refractivity contribution in [2.24, 2.45) is 0 Å². The van der Waals surface area contributed by atoms with E-state index in [0.29, 0.717) is 35.2 Å². The van der Waals surface area contributed by atoms with Gasteiger partial charge >= 0.3 is 0 Å². The number of aromatic nitrogens is 4. The predicted octanol–water partition coefficient (Wildman–Crippen LogP) is 3.48. The number of anilines is 4. The van der Waals surface area contributed by atoms with Crippen molar-refractivity contribution in [1.82, 2.24) is 24.9 Å². The minimum atomic E-state index is -0.375. The van der Waals surface area contributed by atoms with Crippen molar-refractivity contribution < 1.29 is 9.59 Å². The highest BCUT2D eigenvalue weighted by atomic mass is 16.2. The molecule has 4 aromatic rings. The van der Waals surface area contributed by atoms with Gasteiger partial charge in [-0.15, -0.1) is 0 Å². The number of nitrogens with zero attached hydrogens (tertiary/aromatic N) is 4. The summed E-state index contributed by atoms with van der Waals surface area (Å²) >= 11 is 0. The van der Waals surface area contributed by atoms with Crippen LogP contribution in [-0.2, 0) is 16.1 Å². The zero-order chi connectivity index (χ0) is 24.5. The topological polar surface area (TPSA) is 125 Å². The van der Waals surface area contributed by atoms with E-state index in [1.165, 1.54) is 12.8 Å². The lowest BCUT2D eigenvalue weighted by Crippen LogP contribution is -2.19. The number of nitrogens with one attached hydrogen (secondary N) is 4. The van der Waals surface area contributed by atoms with Crippen LogP contribution in [0.3, 0.4) is 0 Å². The Kier molecular flexibility index (Phi) is 5.53. The molecule has 36 heavy (non-hydrogen) atoms. The van der Waals surface area contributed by atoms with Crippen LogP contribution in [0.15, 0.2) is 66.8 Å². The Morgan fingerprint density at radius 2 is 1.94 bits per heavy atom. The third kappa shape index (κ3) is 4.88. The highest BCUT2D eigenvalue weighted by molar-refractivity contribution is 6.15. The second-order valence-electron chi connectivity index (χ2n) is 8.96. The monoisotopic (exact) mass is 480 g/mol. The molecule has 1 aliphatic carbocycles. The van der Waals surface area contributed by atoms with Gasteiger partial charge in [0, 0.05) is 59.4 Å². The van der Waals surface area contributed by atoms with Gasteiger partial charge in [0.05, 0.1) is 12.6 Å². The number of imide groups is 1. The quantitative estimate of drug-likeness (QED) is 0.223. The molecule has 1 saturated heterocycles. The number of benzene rings is 1. The fourth-order valence-electron chi connectivity index (χ4n) is 4.07. The summed E-state index contributed by atoms with van der Waals surface area (Å²) in [5, 5.41) is 17.0. The number of hydrogen-bond donors (Lipinski definition) is 4. The molecule has 0 unspecified atom stereocenters. The van der Waals surface area contributed by atoms with Crippen LogP contribution in [0.1, 0.15) is 30.4 Å². The average molecular weight is 481 g/mol. The summed E-state index contributed by atoms with van der Waals surface area (Å²) in [7, 11) is 0. The summed E-state index contributed by atoms with van der Waals surface area (Å²) in [6.07, 6.45) is 11.1. The number of carbonyl (C=O) groups excluding carboxylic acids is 2. The second kappa shape index (κ2) is 9.14. The molecule has 4 heterocycles. The zero-order valence-corrected chi connectivity index (χ0v) is 19.4. The first-order valence-electron chi connectivity index (χ1n) is 11.8. The molecule has 0 spiro atoms. The zero-order valence-electron chi connectivity index (χ0n) is 19.4. The molecular weight excluding hydrogens is 456 g/mol. The van der Waals surface area contributed by atoms with Gasteiger partial charge in [0.25, 0.3) is 5.91 Å². The molecule has 2 amide bonds. The Balaban J connectivity index is 1.26. The molecule has 1 aromatic carbocycles. The van der Waals surface area contributed by atoms with Gasteiger partial charge in [-0.1, -0.05) is 6.07 Å². The first kappa shape index (κ1) is 21.8. The molecule has 10 heteroatoms. The first-order valence-corrected chi connectivity index (χ1v) is 11.8. The standard InChI is InChI=1S/C26H24N8O2/c35-24-9-17(26(36)33-24)8-18-15-29-34-7-5-23(32-25(18)34)31-22-11-20(10-21(12-22)30-19-3-4-19)28-14-16-2-1-6-27-13-16/h1-2,5-8,10-13,15,19,28,30H,3-4,9,14H2,(H,31,32)(H,33,35,36)/b17-8-. The van der Waals surface area contributed by atoms with Crippen molar-refractivity contribution >= 4 is 46.4 Å². The normalized spacial score (nSPS) is 16.4. The maximum Gasteiger partial charge on any atom is 0.254 e. The largest absolute Gasteiger partial charge is 0.382 e. The Morgan fingerprint density at radius 1 is 1.08 bits per heavy atom. The molecule has 6 rings (SSSR count). The Hall–Kier alpha value is -4.73. The molecular formula is C26H24N8O2. The predicted molar refractivity (Wildman–Crippen MR) is 137 cm³/mol. The number of hydrogen-bond acceptors (Lipinski definition) is 8. The number of carbonyl (C=O) groups is 2. The van der Waals surface area contributed by atoms with Crippen LogP contribution in [0.2, 0.25) is 0 Å². The van der Waals surface area contributed by atoms with Crippen LogP contribution in [0.5, 0.6) is 0 Å². The van der Waals surface area contributed by atoms with Gasteiger partial charge in [0.1, 0.15) is 5.82 Å². The molecule has 4 N–H and O–H groups in total. The summed E-state index contributed by atoms with van der Waals surface area (Å²) < 4.78 is 1.64. The number of fused-ring (bicyclic) bond motifs is 1. The minimum absolute atomic E-state index is 0.0592. The number of pyridine rings is 1. The minimum Gasteiger partial charge on any atom is -0.382 e. The summed E-state index contributed by atoms with van der Waals surface area (Å²) in [6.45, 7) is 0.661. The van der Waals surface area contributed by atoms with Gasteiger partial charge in [-0.3, -0.25) is 19.9 Å². The maximum atomic E-state index is 12.0. The maximum absolute atomic E-state index is 12.0. The Labute approximate surface area is 206 Å². The van der Waals surface area contributed by atoms with E-state index >= 15 is 0 Å². The molecule has 2 fully saturated rings. The third-order valence-electron chi connectivity index (χ3n) is 5.99. The molecule has 3 aromatic heterocycles. The lowest BCUT2D eigenvalue weighted by molar-refractivity contribution is -0.124. The van der Waals surface area contributed by atoms with Crippen LogP contribution in [0.4, 0.5) is 22.9 Å². The molecule has 0 atom stereocenters. The van der Waals surface area contributed by atoms with Crippen molar-refractivity contribution in [2.45, 2.75) is 31.8 Å². The van der Waals surface area contributed by atoms with Gasteiger partial charge in [0.2, 0.25) is 5.91 Å². The average Bonchev–Trinajstić information content (AvgIpc) is 3.51. The number of amides is 2. The second-order valence-corrected chi connectivity index (χ2v) is 8.96. The van der Waals surface area contributed by atoms with Crippen LogP contribution < -0.4 is 21.3 Å². The van der Waals surface area contributed by atoms with Gasteiger partial charge in [-0.05, 0) is 54.8 Å². The van der Waals surface area contributed by atoms with E-state index in [-0.39, 0.29) is 18.2 Å². The van der Waals surface area contributed by atoms with Crippen molar-refractivity contribution in [3.05, 3.63) is 77.9 Å². The molecule has 10 nitrogen and oxygen atoms in total. The molecule has 2 aliphatic rings. The third-order valence-corrected chi connectivity index (χ3v) is 5.99. The molecule has 1 aliphatic heterocycles. The first-order chi connectivity index (χ1) is 17.6. The highest BCUT2D eigenvalue weighted by Crippen LogP contribution is 2.30. The van der Waals surface area contributed by atoms with Crippen molar-refractivity contribution in [3.8, 4) is 0 Å². The van der Waals surface area contributed by atoms with Crippen LogP contribution in [-0.4, -0.2) is 37.4 Å². The van der Waals surface area contributed by atoms with Crippen molar-refractivity contribution in [2.75, 3.05) is 16.0 Å². The van der Waals surface area contributed by atoms with E-state index in [0.717, 1.165) is 22.6 Å². The molecule has 1 saturated carbocycles. The van der Waals surface area contributed by atoms with Gasteiger partial charge in [-0.25, -0.2) is 9.50 Å². The van der Waals surface area contributed by atoms with Crippen LogP contribution in [0, 0.1) is 0 Å². The van der Waals surface area contributed by atoms with Crippen LogP contribution in [0.25, 0.3) is 11.7 Å². The van der Waals surface area contributed by atoms with Crippen molar-refractivity contribution in [3.63, 3.8) is 0 Å². The Bertz CT molecular complexity index is 1490. The van der Waals surface area contributed by atoms with E-state index in [9.17, 15) is 9.59 Å². The SMILES string of the molecule is O=C1C/C(=C/c2cnn3ccc(Nc4cc(NCc5cccnc5)cc(NC5CC5)c4)nc23)C(=O)N1. The van der Waals surface area contributed by atoms with Gasteiger partial charge < -0.3 is 16.0 Å². The van der Waals surface area contributed by atoms with E-state index < -0.39 is 0 Å². The van der Waals surface area contributed by atoms with E-state index in [1.807, 2.05) is 30.5 Å². The number of rotatable bonds is 8. The van der Waals surface area contributed by atoms with Crippen molar-refractivity contribution in [1.29, 1.82) is 0 Å². The summed E-state index contributed by atoms with van der Waals surface area (Å²) in [5.74, 6) is -0.0398. The summed E-state index contributed by atoms with van der Waals surface area (Å²) in [6, 6.07) is 12.5. The molecule has 180 valence electrons. The smallest absolute Gasteiger partial charge is 0.254 e. The Morgan fingerprint density at radius 3 is 2.72 bits per heavy atom. The summed E-state index contributed by atoms with van der Waals surface area (Å²) in [4.78, 5) is 32.4.